The number of guanidine groups is 1. The highest BCUT2D eigenvalue weighted by atomic mass is 16.2. The van der Waals surface area contributed by atoms with E-state index in [0.29, 0.717) is 24.0 Å². The number of rotatable bonds is 7. The van der Waals surface area contributed by atoms with Gasteiger partial charge in [-0.1, -0.05) is 33.1 Å². The Morgan fingerprint density at radius 3 is 2.41 bits per heavy atom. The van der Waals surface area contributed by atoms with Crippen LogP contribution in [0.5, 0.6) is 0 Å². The van der Waals surface area contributed by atoms with Crippen LogP contribution in [-0.4, -0.2) is 37.5 Å². The van der Waals surface area contributed by atoms with Gasteiger partial charge in [-0.05, 0) is 38.5 Å². The fourth-order valence-electron chi connectivity index (χ4n) is 2.77. The lowest BCUT2D eigenvalue weighted by Crippen LogP contribution is -2.47. The maximum Gasteiger partial charge on any atom is 0.239 e. The van der Waals surface area contributed by atoms with E-state index in [9.17, 15) is 4.79 Å². The van der Waals surface area contributed by atoms with Crippen molar-refractivity contribution in [2.24, 2.45) is 10.9 Å². The highest BCUT2D eigenvalue weighted by Gasteiger charge is 2.15. The average molecular weight is 310 g/mol. The number of carbonyl (C=O) groups is 1. The van der Waals surface area contributed by atoms with E-state index < -0.39 is 0 Å². The van der Waals surface area contributed by atoms with Gasteiger partial charge in [-0.2, -0.15) is 0 Å². The summed E-state index contributed by atoms with van der Waals surface area (Å²) in [6, 6.07) is 0.720. The highest BCUT2D eigenvalue weighted by Crippen LogP contribution is 2.17. The molecule has 3 N–H and O–H groups in total. The third-order valence-corrected chi connectivity index (χ3v) is 4.17. The molecular weight excluding hydrogens is 276 g/mol. The summed E-state index contributed by atoms with van der Waals surface area (Å²) in [7, 11) is 1.74. The van der Waals surface area contributed by atoms with Crippen molar-refractivity contribution in [3.05, 3.63) is 0 Å². The molecule has 5 heteroatoms. The number of hydrogen-bond acceptors (Lipinski definition) is 2. The topological polar surface area (TPSA) is 65.5 Å². The third-order valence-electron chi connectivity index (χ3n) is 4.17. The molecule has 22 heavy (non-hydrogen) atoms. The van der Waals surface area contributed by atoms with E-state index in [2.05, 4.69) is 41.7 Å². The molecule has 1 unspecified atom stereocenters. The van der Waals surface area contributed by atoms with Crippen LogP contribution < -0.4 is 16.0 Å². The van der Waals surface area contributed by atoms with Crippen LogP contribution in [0, 0.1) is 5.92 Å². The number of amides is 1. The lowest BCUT2D eigenvalue weighted by atomic mass is 9.95. The van der Waals surface area contributed by atoms with Crippen molar-refractivity contribution >= 4 is 11.9 Å². The molecule has 0 bridgehead atoms. The molecule has 1 saturated carbocycles. The van der Waals surface area contributed by atoms with Crippen molar-refractivity contribution in [1.82, 2.24) is 16.0 Å². The Hall–Kier alpha value is -1.26. The highest BCUT2D eigenvalue weighted by molar-refractivity contribution is 5.86. The first kappa shape index (κ1) is 18.8. The zero-order chi connectivity index (χ0) is 16.4. The Kier molecular flexibility index (Phi) is 8.94. The summed E-state index contributed by atoms with van der Waals surface area (Å²) in [5.41, 5.74) is 0. The second kappa shape index (κ2) is 10.5. The normalized spacial score (nSPS) is 18.1. The standard InChI is InChI=1S/C17H34N4O/c1-13(2)10-11-14(3)20-17(18-4)19-12-16(22)21-15-8-6-5-7-9-15/h13-15H,5-12H2,1-4H3,(H,21,22)(H2,18,19,20). The number of carbonyl (C=O) groups excluding carboxylic acids is 1. The monoisotopic (exact) mass is 310 g/mol. The van der Waals surface area contributed by atoms with Gasteiger partial charge in [0.2, 0.25) is 5.91 Å². The molecule has 0 radical (unpaired) electrons. The van der Waals surface area contributed by atoms with Crippen molar-refractivity contribution < 1.29 is 4.79 Å². The summed E-state index contributed by atoms with van der Waals surface area (Å²) < 4.78 is 0. The van der Waals surface area contributed by atoms with E-state index in [1.165, 1.54) is 25.7 Å². The number of nitrogens with one attached hydrogen (secondary N) is 3. The summed E-state index contributed by atoms with van der Waals surface area (Å²) in [6.07, 6.45) is 8.29. The van der Waals surface area contributed by atoms with E-state index in [-0.39, 0.29) is 12.5 Å². The quantitative estimate of drug-likeness (QED) is 0.500. The Bertz CT molecular complexity index is 349. The smallest absolute Gasteiger partial charge is 0.239 e. The zero-order valence-electron chi connectivity index (χ0n) is 14.7. The van der Waals surface area contributed by atoms with Crippen molar-refractivity contribution in [3.8, 4) is 0 Å². The van der Waals surface area contributed by atoms with Crippen LogP contribution >= 0.6 is 0 Å². The minimum atomic E-state index is 0.0599. The SMILES string of the molecule is CN=C(NCC(=O)NC1CCCCC1)NC(C)CCC(C)C. The number of hydrogen-bond donors (Lipinski definition) is 3. The van der Waals surface area contributed by atoms with Crippen molar-refractivity contribution in [2.75, 3.05) is 13.6 Å². The Morgan fingerprint density at radius 2 is 1.82 bits per heavy atom. The van der Waals surface area contributed by atoms with Crippen molar-refractivity contribution in [3.63, 3.8) is 0 Å². The van der Waals surface area contributed by atoms with E-state index >= 15 is 0 Å². The maximum atomic E-state index is 12.0. The van der Waals surface area contributed by atoms with Gasteiger partial charge in [-0.3, -0.25) is 9.79 Å². The van der Waals surface area contributed by atoms with E-state index in [1.807, 2.05) is 0 Å². The second-order valence-electron chi connectivity index (χ2n) is 6.84. The minimum absolute atomic E-state index is 0.0599. The van der Waals surface area contributed by atoms with Crippen molar-refractivity contribution in [2.45, 2.75) is 77.8 Å². The van der Waals surface area contributed by atoms with Crippen LogP contribution in [0.1, 0.15) is 65.7 Å². The molecule has 1 aliphatic carbocycles. The van der Waals surface area contributed by atoms with Crippen LogP contribution in [-0.2, 0) is 4.79 Å². The molecule has 0 aromatic carbocycles. The molecule has 0 saturated heterocycles. The molecule has 5 nitrogen and oxygen atoms in total. The predicted molar refractivity (Wildman–Crippen MR) is 93.0 cm³/mol. The average Bonchev–Trinajstić information content (AvgIpc) is 2.50. The van der Waals surface area contributed by atoms with Crippen molar-refractivity contribution in [1.29, 1.82) is 0 Å². The molecule has 1 fully saturated rings. The van der Waals surface area contributed by atoms with Gasteiger partial charge in [0.15, 0.2) is 5.96 Å². The van der Waals surface area contributed by atoms with Gasteiger partial charge in [0, 0.05) is 19.1 Å². The Morgan fingerprint density at radius 1 is 1.14 bits per heavy atom. The maximum absolute atomic E-state index is 12.0. The Balaban J connectivity index is 2.23. The van der Waals surface area contributed by atoms with Gasteiger partial charge >= 0.3 is 0 Å². The molecule has 0 aromatic rings. The summed E-state index contributed by atoms with van der Waals surface area (Å²) in [5, 5.41) is 9.55. The van der Waals surface area contributed by atoms with E-state index in [0.717, 1.165) is 19.3 Å². The Labute approximate surface area is 135 Å². The molecule has 0 aromatic heterocycles. The second-order valence-corrected chi connectivity index (χ2v) is 6.84. The third kappa shape index (κ3) is 8.25. The fourth-order valence-corrected chi connectivity index (χ4v) is 2.77. The molecule has 128 valence electrons. The van der Waals surface area contributed by atoms with Crippen LogP contribution in [0.3, 0.4) is 0 Å². The number of aliphatic imine (C=N–C) groups is 1. The summed E-state index contributed by atoms with van der Waals surface area (Å²) in [5.74, 6) is 1.47. The van der Waals surface area contributed by atoms with Crippen LogP contribution in [0.4, 0.5) is 0 Å². The molecule has 1 aliphatic rings. The van der Waals surface area contributed by atoms with Gasteiger partial charge in [0.05, 0.1) is 6.54 Å². The molecule has 1 rings (SSSR count). The molecule has 0 aliphatic heterocycles. The summed E-state index contributed by atoms with van der Waals surface area (Å²) >= 11 is 0. The van der Waals surface area contributed by atoms with Gasteiger partial charge in [0.25, 0.3) is 0 Å². The zero-order valence-corrected chi connectivity index (χ0v) is 14.7. The lowest BCUT2D eigenvalue weighted by molar-refractivity contribution is -0.120. The number of nitrogens with zero attached hydrogens (tertiary/aromatic N) is 1. The predicted octanol–water partition coefficient (Wildman–Crippen LogP) is 2.42. The molecule has 1 atom stereocenters. The first-order chi connectivity index (χ1) is 10.5. The molecule has 0 heterocycles. The minimum Gasteiger partial charge on any atom is -0.354 e. The first-order valence-electron chi connectivity index (χ1n) is 8.77. The summed E-state index contributed by atoms with van der Waals surface area (Å²) in [6.45, 7) is 6.90. The fraction of sp³-hybridized carbons (Fsp3) is 0.882. The lowest BCUT2D eigenvalue weighted by Gasteiger charge is -2.23. The molecule has 0 spiro atoms. The largest absolute Gasteiger partial charge is 0.354 e. The van der Waals surface area contributed by atoms with E-state index in [4.69, 9.17) is 0 Å². The van der Waals surface area contributed by atoms with Crippen LogP contribution in [0.25, 0.3) is 0 Å². The summed E-state index contributed by atoms with van der Waals surface area (Å²) in [4.78, 5) is 16.2. The molecular formula is C17H34N4O. The van der Waals surface area contributed by atoms with Crippen LogP contribution in [0.15, 0.2) is 4.99 Å². The van der Waals surface area contributed by atoms with Gasteiger partial charge in [-0.15, -0.1) is 0 Å². The van der Waals surface area contributed by atoms with Gasteiger partial charge in [0.1, 0.15) is 0 Å². The van der Waals surface area contributed by atoms with Crippen LogP contribution in [0.2, 0.25) is 0 Å². The van der Waals surface area contributed by atoms with E-state index in [1.54, 1.807) is 7.05 Å². The first-order valence-corrected chi connectivity index (χ1v) is 8.77. The van der Waals surface area contributed by atoms with Gasteiger partial charge < -0.3 is 16.0 Å². The molecule has 1 amide bonds. The van der Waals surface area contributed by atoms with Gasteiger partial charge in [-0.25, -0.2) is 0 Å².